The van der Waals surface area contributed by atoms with Gasteiger partial charge in [-0.3, -0.25) is 9.79 Å². The summed E-state index contributed by atoms with van der Waals surface area (Å²) in [5.74, 6) is 0.0349. The summed E-state index contributed by atoms with van der Waals surface area (Å²) >= 11 is 0. The lowest BCUT2D eigenvalue weighted by molar-refractivity contribution is -0.251. The van der Waals surface area contributed by atoms with Gasteiger partial charge in [-0.05, 0) is 26.0 Å². The van der Waals surface area contributed by atoms with Gasteiger partial charge in [0.25, 0.3) is 0 Å². The molecular formula is C20H27NO4. The molecule has 1 aromatic rings. The molecule has 25 heavy (non-hydrogen) atoms. The first kappa shape index (κ1) is 18.1. The van der Waals surface area contributed by atoms with E-state index in [1.165, 1.54) is 0 Å². The molecule has 2 unspecified atom stereocenters. The first-order chi connectivity index (χ1) is 11.8. The zero-order chi connectivity index (χ0) is 18.1. The maximum absolute atomic E-state index is 12.2. The lowest BCUT2D eigenvalue weighted by Crippen LogP contribution is -2.42. The van der Waals surface area contributed by atoms with Gasteiger partial charge in [-0.25, -0.2) is 0 Å². The van der Waals surface area contributed by atoms with E-state index in [2.05, 4.69) is 18.8 Å². The molecular weight excluding hydrogens is 318 g/mol. The van der Waals surface area contributed by atoms with Crippen molar-refractivity contribution >= 4 is 11.5 Å². The summed E-state index contributed by atoms with van der Waals surface area (Å²) in [6.45, 7) is 9.25. The van der Waals surface area contributed by atoms with Crippen LogP contribution >= 0.6 is 0 Å². The molecule has 0 aromatic heterocycles. The second-order valence-corrected chi connectivity index (χ2v) is 7.84. The van der Waals surface area contributed by atoms with Gasteiger partial charge >= 0.3 is 0 Å². The summed E-state index contributed by atoms with van der Waals surface area (Å²) < 4.78 is 17.6. The molecule has 0 radical (unpaired) electrons. The van der Waals surface area contributed by atoms with Crippen molar-refractivity contribution in [2.24, 2.45) is 22.2 Å². The summed E-state index contributed by atoms with van der Waals surface area (Å²) in [7, 11) is 0. The molecule has 2 fully saturated rings. The molecule has 1 saturated carbocycles. The van der Waals surface area contributed by atoms with E-state index in [9.17, 15) is 4.79 Å². The second-order valence-electron chi connectivity index (χ2n) is 7.84. The summed E-state index contributed by atoms with van der Waals surface area (Å²) in [5, 5.41) is 0. The van der Waals surface area contributed by atoms with Gasteiger partial charge in [0.15, 0.2) is 12.5 Å². The van der Waals surface area contributed by atoms with Crippen molar-refractivity contribution < 1.29 is 19.0 Å². The number of rotatable bonds is 6. The molecule has 1 aromatic carbocycles. The SMILES string of the molecule is CC(=O)C(/C(C)=N/COc1ccccc1)C1CC12OCC(C)(C)CO2. The van der Waals surface area contributed by atoms with Crippen LogP contribution in [0, 0.1) is 17.3 Å². The van der Waals surface area contributed by atoms with E-state index in [4.69, 9.17) is 14.2 Å². The van der Waals surface area contributed by atoms with E-state index in [-0.39, 0.29) is 29.8 Å². The number of carbonyl (C=O) groups is 1. The van der Waals surface area contributed by atoms with Crippen LogP contribution in [0.2, 0.25) is 0 Å². The van der Waals surface area contributed by atoms with Crippen molar-refractivity contribution in [3.63, 3.8) is 0 Å². The molecule has 0 amide bonds. The van der Waals surface area contributed by atoms with Crippen LogP contribution in [-0.2, 0) is 14.3 Å². The number of hydrogen-bond donors (Lipinski definition) is 0. The Labute approximate surface area is 149 Å². The summed E-state index contributed by atoms with van der Waals surface area (Å²) in [4.78, 5) is 16.7. The van der Waals surface area contributed by atoms with Crippen molar-refractivity contribution in [3.05, 3.63) is 30.3 Å². The van der Waals surface area contributed by atoms with E-state index in [0.717, 1.165) is 17.9 Å². The number of carbonyl (C=O) groups excluding carboxylic acids is 1. The lowest BCUT2D eigenvalue weighted by Gasteiger charge is -2.36. The second kappa shape index (κ2) is 6.89. The fourth-order valence-corrected chi connectivity index (χ4v) is 3.36. The van der Waals surface area contributed by atoms with Crippen molar-refractivity contribution in [1.82, 2.24) is 0 Å². The van der Waals surface area contributed by atoms with Crippen LogP contribution in [0.4, 0.5) is 0 Å². The monoisotopic (exact) mass is 345 g/mol. The third-order valence-corrected chi connectivity index (χ3v) is 4.90. The number of ether oxygens (including phenoxy) is 3. The fourth-order valence-electron chi connectivity index (χ4n) is 3.36. The minimum absolute atomic E-state index is 0.0246. The number of nitrogens with zero attached hydrogens (tertiary/aromatic N) is 1. The summed E-state index contributed by atoms with van der Waals surface area (Å²) in [6, 6.07) is 9.53. The Balaban J connectivity index is 1.62. The highest BCUT2D eigenvalue weighted by atomic mass is 16.7. The first-order valence-corrected chi connectivity index (χ1v) is 8.80. The third kappa shape index (κ3) is 4.10. The average Bonchev–Trinajstić information content (AvgIpc) is 3.25. The molecule has 1 heterocycles. The molecule has 5 heteroatoms. The predicted octanol–water partition coefficient (Wildman–Crippen LogP) is 3.48. The highest BCUT2D eigenvalue weighted by Gasteiger charge is 2.64. The molecule has 0 bridgehead atoms. The quantitative estimate of drug-likeness (QED) is 0.741. The zero-order valence-electron chi connectivity index (χ0n) is 15.5. The molecule has 0 N–H and O–H groups in total. The molecule has 136 valence electrons. The molecule has 1 saturated heterocycles. The minimum Gasteiger partial charge on any atom is -0.471 e. The van der Waals surface area contributed by atoms with E-state index in [1.54, 1.807) is 6.92 Å². The smallest absolute Gasteiger partial charge is 0.178 e. The zero-order valence-corrected chi connectivity index (χ0v) is 15.5. The lowest BCUT2D eigenvalue weighted by atomic mass is 9.92. The Morgan fingerprint density at radius 2 is 1.88 bits per heavy atom. The van der Waals surface area contributed by atoms with Crippen LogP contribution in [0.25, 0.3) is 0 Å². The van der Waals surface area contributed by atoms with E-state index < -0.39 is 5.79 Å². The van der Waals surface area contributed by atoms with Crippen LogP contribution in [-0.4, -0.2) is 37.2 Å². The van der Waals surface area contributed by atoms with E-state index >= 15 is 0 Å². The van der Waals surface area contributed by atoms with Crippen LogP contribution in [0.1, 0.15) is 34.1 Å². The van der Waals surface area contributed by atoms with Gasteiger partial charge in [-0.1, -0.05) is 32.0 Å². The molecule has 5 nitrogen and oxygen atoms in total. The van der Waals surface area contributed by atoms with Gasteiger partial charge in [0.05, 0.1) is 19.1 Å². The van der Waals surface area contributed by atoms with Gasteiger partial charge in [0.2, 0.25) is 0 Å². The molecule has 1 spiro atoms. The van der Waals surface area contributed by atoms with Crippen LogP contribution in [0.5, 0.6) is 5.75 Å². The van der Waals surface area contributed by atoms with Crippen molar-refractivity contribution in [2.45, 2.75) is 39.9 Å². The average molecular weight is 345 g/mol. The predicted molar refractivity (Wildman–Crippen MR) is 95.7 cm³/mol. The van der Waals surface area contributed by atoms with Gasteiger partial charge in [0.1, 0.15) is 11.5 Å². The van der Waals surface area contributed by atoms with E-state index in [0.29, 0.717) is 13.2 Å². The van der Waals surface area contributed by atoms with Gasteiger partial charge in [-0.2, -0.15) is 0 Å². The standard InChI is InChI=1S/C20H27NO4/c1-14(21-13-23-16-8-6-5-7-9-16)18(15(2)22)17-10-20(17)24-11-19(3,4)12-25-20/h5-9,17-18H,10-13H2,1-4H3/b21-14+. The fraction of sp³-hybridized carbons (Fsp3) is 0.600. The van der Waals surface area contributed by atoms with Crippen molar-refractivity contribution in [2.75, 3.05) is 19.9 Å². The highest BCUT2D eigenvalue weighted by molar-refractivity contribution is 6.03. The largest absolute Gasteiger partial charge is 0.471 e. The van der Waals surface area contributed by atoms with Gasteiger partial charge < -0.3 is 14.2 Å². The Kier molecular flexibility index (Phi) is 4.98. The molecule has 2 atom stereocenters. The Hall–Kier alpha value is -1.72. The first-order valence-electron chi connectivity index (χ1n) is 8.80. The number of benzene rings is 1. The maximum Gasteiger partial charge on any atom is 0.178 e. The molecule has 1 aliphatic carbocycles. The topological polar surface area (TPSA) is 57.1 Å². The number of Topliss-reactive ketones (excluding diaryl/α,β-unsaturated/α-hetero) is 1. The Morgan fingerprint density at radius 3 is 2.48 bits per heavy atom. The normalized spacial score (nSPS) is 25.4. The summed E-state index contributed by atoms with van der Waals surface area (Å²) in [5.41, 5.74) is 0.805. The number of para-hydroxylation sites is 1. The minimum atomic E-state index is -0.594. The van der Waals surface area contributed by atoms with Gasteiger partial charge in [0, 0.05) is 23.5 Å². The van der Waals surface area contributed by atoms with Gasteiger partial charge in [-0.15, -0.1) is 0 Å². The highest BCUT2D eigenvalue weighted by Crippen LogP contribution is 2.55. The third-order valence-electron chi connectivity index (χ3n) is 4.90. The van der Waals surface area contributed by atoms with Crippen molar-refractivity contribution in [3.8, 4) is 5.75 Å². The molecule has 1 aliphatic heterocycles. The summed E-state index contributed by atoms with van der Waals surface area (Å²) in [6.07, 6.45) is 0.750. The van der Waals surface area contributed by atoms with Crippen LogP contribution in [0.3, 0.4) is 0 Å². The van der Waals surface area contributed by atoms with Crippen LogP contribution < -0.4 is 4.74 Å². The number of hydrogen-bond acceptors (Lipinski definition) is 5. The van der Waals surface area contributed by atoms with Crippen LogP contribution in [0.15, 0.2) is 35.3 Å². The Morgan fingerprint density at radius 1 is 1.24 bits per heavy atom. The maximum atomic E-state index is 12.2. The molecule has 3 rings (SSSR count). The number of ketones is 1. The molecule has 2 aliphatic rings. The number of aliphatic imine (C=N–C) groups is 1. The van der Waals surface area contributed by atoms with Crippen molar-refractivity contribution in [1.29, 1.82) is 0 Å². The Bertz CT molecular complexity index is 643. The van der Waals surface area contributed by atoms with E-state index in [1.807, 2.05) is 37.3 Å².